The van der Waals surface area contributed by atoms with E-state index in [2.05, 4.69) is 10.3 Å². The Morgan fingerprint density at radius 3 is 2.91 bits per heavy atom. The van der Waals surface area contributed by atoms with Crippen molar-refractivity contribution in [1.82, 2.24) is 9.38 Å². The van der Waals surface area contributed by atoms with E-state index >= 15 is 0 Å². The summed E-state index contributed by atoms with van der Waals surface area (Å²) in [7, 11) is 0. The van der Waals surface area contributed by atoms with Gasteiger partial charge < -0.3 is 10.1 Å². The number of fused-ring (bicyclic) bond motifs is 1. The molecule has 0 spiro atoms. The van der Waals surface area contributed by atoms with Crippen LogP contribution < -0.4 is 10.1 Å². The van der Waals surface area contributed by atoms with Crippen molar-refractivity contribution in [3.8, 4) is 5.88 Å². The molecule has 1 N–H and O–H groups in total. The fourth-order valence-electron chi connectivity index (χ4n) is 2.12. The van der Waals surface area contributed by atoms with Crippen LogP contribution in [0.5, 0.6) is 5.88 Å². The predicted molar refractivity (Wildman–Crippen MR) is 75.6 cm³/mol. The average molecular weight is 303 g/mol. The van der Waals surface area contributed by atoms with Gasteiger partial charge in [-0.3, -0.25) is 9.20 Å². The van der Waals surface area contributed by atoms with E-state index in [0.717, 1.165) is 6.07 Å². The lowest BCUT2D eigenvalue weighted by Crippen LogP contribution is -2.06. The van der Waals surface area contributed by atoms with Crippen LogP contribution in [-0.2, 0) is 11.3 Å². The van der Waals surface area contributed by atoms with Crippen molar-refractivity contribution in [2.75, 3.05) is 5.32 Å². The molecular formula is C15H11F2N3O2. The molecule has 5 nitrogen and oxygen atoms in total. The monoisotopic (exact) mass is 303 g/mol. The lowest BCUT2D eigenvalue weighted by Gasteiger charge is -2.12. The maximum Gasteiger partial charge on any atom is 0.299 e. The largest absolute Gasteiger partial charge is 0.409 e. The molecule has 0 fully saturated rings. The van der Waals surface area contributed by atoms with Crippen molar-refractivity contribution in [3.05, 3.63) is 59.9 Å². The van der Waals surface area contributed by atoms with Crippen molar-refractivity contribution in [2.24, 2.45) is 0 Å². The van der Waals surface area contributed by atoms with Gasteiger partial charge in [-0.05, 0) is 18.2 Å². The molecule has 0 amide bonds. The molecule has 22 heavy (non-hydrogen) atoms. The van der Waals surface area contributed by atoms with Crippen LogP contribution in [0.1, 0.15) is 5.56 Å². The maximum absolute atomic E-state index is 13.6. The molecule has 3 rings (SSSR count). The molecule has 2 aromatic heterocycles. The van der Waals surface area contributed by atoms with Gasteiger partial charge in [0.05, 0.1) is 5.69 Å². The van der Waals surface area contributed by atoms with Crippen LogP contribution in [0.2, 0.25) is 0 Å². The quantitative estimate of drug-likeness (QED) is 0.736. The third kappa shape index (κ3) is 2.60. The minimum atomic E-state index is -0.644. The van der Waals surface area contributed by atoms with Crippen molar-refractivity contribution < 1.29 is 18.3 Å². The van der Waals surface area contributed by atoms with E-state index in [1.54, 1.807) is 28.9 Å². The van der Waals surface area contributed by atoms with Crippen molar-refractivity contribution in [2.45, 2.75) is 6.54 Å². The highest BCUT2D eigenvalue weighted by Crippen LogP contribution is 2.26. The van der Waals surface area contributed by atoms with E-state index in [4.69, 9.17) is 4.74 Å². The number of imidazole rings is 1. The van der Waals surface area contributed by atoms with Crippen LogP contribution in [0.4, 0.5) is 14.5 Å². The number of hydrogen-bond donors (Lipinski definition) is 1. The SMILES string of the molecule is O=COc1c(NCc2ccc(F)cc2F)ccc2nccn12. The van der Waals surface area contributed by atoms with Gasteiger partial charge in [0.25, 0.3) is 6.47 Å². The molecule has 7 heteroatoms. The van der Waals surface area contributed by atoms with Gasteiger partial charge in [0.1, 0.15) is 17.3 Å². The van der Waals surface area contributed by atoms with Gasteiger partial charge in [0, 0.05) is 30.6 Å². The number of halogens is 2. The van der Waals surface area contributed by atoms with Crippen LogP contribution in [0.15, 0.2) is 42.7 Å². The summed E-state index contributed by atoms with van der Waals surface area (Å²) in [6.07, 6.45) is 3.20. The number of hydrogen-bond acceptors (Lipinski definition) is 4. The molecule has 1 aromatic carbocycles. The zero-order valence-electron chi connectivity index (χ0n) is 11.3. The Bertz CT molecular complexity index is 833. The lowest BCUT2D eigenvalue weighted by molar-refractivity contribution is -0.120. The van der Waals surface area contributed by atoms with E-state index in [0.29, 0.717) is 23.4 Å². The van der Waals surface area contributed by atoms with Gasteiger partial charge >= 0.3 is 0 Å². The van der Waals surface area contributed by atoms with Gasteiger partial charge in [-0.1, -0.05) is 6.07 Å². The van der Waals surface area contributed by atoms with E-state index in [1.165, 1.54) is 12.1 Å². The predicted octanol–water partition coefficient (Wildman–Crippen LogP) is 2.76. The highest BCUT2D eigenvalue weighted by Gasteiger charge is 2.11. The van der Waals surface area contributed by atoms with Gasteiger partial charge in [0.2, 0.25) is 5.88 Å². The molecule has 0 saturated heterocycles. The Hall–Kier alpha value is -2.96. The fraction of sp³-hybridized carbons (Fsp3) is 0.0667. The molecule has 112 valence electrons. The molecule has 0 radical (unpaired) electrons. The highest BCUT2D eigenvalue weighted by atomic mass is 19.1. The zero-order valence-corrected chi connectivity index (χ0v) is 11.3. The smallest absolute Gasteiger partial charge is 0.299 e. The van der Waals surface area contributed by atoms with E-state index in [9.17, 15) is 13.6 Å². The standard InChI is InChI=1S/C15H11F2N3O2/c16-11-2-1-10(12(17)7-11)8-19-13-3-4-14-18-5-6-20(14)15(13)22-9-21/h1-7,9,19H,8H2. The summed E-state index contributed by atoms with van der Waals surface area (Å²) >= 11 is 0. The normalized spacial score (nSPS) is 10.6. The zero-order chi connectivity index (χ0) is 15.5. The molecule has 0 aliphatic carbocycles. The fourth-order valence-corrected chi connectivity index (χ4v) is 2.12. The Labute approximate surface area is 124 Å². The van der Waals surface area contributed by atoms with Gasteiger partial charge in [0.15, 0.2) is 0 Å². The maximum atomic E-state index is 13.6. The van der Waals surface area contributed by atoms with Crippen LogP contribution in [0.25, 0.3) is 5.65 Å². The molecular weight excluding hydrogens is 292 g/mol. The third-order valence-electron chi connectivity index (χ3n) is 3.16. The first-order valence-electron chi connectivity index (χ1n) is 6.43. The van der Waals surface area contributed by atoms with Crippen LogP contribution in [0.3, 0.4) is 0 Å². The van der Waals surface area contributed by atoms with Crippen LogP contribution in [0, 0.1) is 11.6 Å². The number of pyridine rings is 1. The third-order valence-corrected chi connectivity index (χ3v) is 3.16. The summed E-state index contributed by atoms with van der Waals surface area (Å²) in [5.41, 5.74) is 1.39. The number of nitrogens with one attached hydrogen (secondary N) is 1. The van der Waals surface area contributed by atoms with E-state index in [-0.39, 0.29) is 12.4 Å². The molecule has 0 aliphatic rings. The first-order valence-corrected chi connectivity index (χ1v) is 6.43. The number of benzene rings is 1. The Balaban J connectivity index is 1.89. The van der Waals surface area contributed by atoms with Crippen molar-refractivity contribution in [1.29, 1.82) is 0 Å². The van der Waals surface area contributed by atoms with Crippen LogP contribution in [-0.4, -0.2) is 15.9 Å². The first-order chi connectivity index (χ1) is 10.7. The van der Waals surface area contributed by atoms with Gasteiger partial charge in [-0.2, -0.15) is 0 Å². The highest BCUT2D eigenvalue weighted by molar-refractivity contribution is 5.63. The number of nitrogens with zero attached hydrogens (tertiary/aromatic N) is 2. The summed E-state index contributed by atoms with van der Waals surface area (Å²) in [4.78, 5) is 14.8. The summed E-state index contributed by atoms with van der Waals surface area (Å²) in [6.45, 7) is 0.417. The molecule has 0 bridgehead atoms. The van der Waals surface area contributed by atoms with Crippen LogP contribution >= 0.6 is 0 Å². The Morgan fingerprint density at radius 1 is 1.27 bits per heavy atom. The summed E-state index contributed by atoms with van der Waals surface area (Å²) in [5.74, 6) is -1.03. The molecule has 3 aromatic rings. The summed E-state index contributed by atoms with van der Waals surface area (Å²) in [6, 6.07) is 6.75. The van der Waals surface area contributed by atoms with Gasteiger partial charge in [-0.25, -0.2) is 13.8 Å². The number of rotatable bonds is 5. The summed E-state index contributed by atoms with van der Waals surface area (Å²) < 4.78 is 33.1. The van der Waals surface area contributed by atoms with Crippen molar-refractivity contribution in [3.63, 3.8) is 0 Å². The molecule has 2 heterocycles. The number of aromatic nitrogens is 2. The Morgan fingerprint density at radius 2 is 2.14 bits per heavy atom. The number of carbonyl (C=O) groups excluding carboxylic acids is 1. The molecule has 0 unspecified atom stereocenters. The minimum absolute atomic E-state index is 0.113. The van der Waals surface area contributed by atoms with Gasteiger partial charge in [-0.15, -0.1) is 0 Å². The molecule has 0 saturated carbocycles. The molecule has 0 aliphatic heterocycles. The second kappa shape index (κ2) is 5.80. The number of anilines is 1. The van der Waals surface area contributed by atoms with Crippen molar-refractivity contribution >= 4 is 17.8 Å². The summed E-state index contributed by atoms with van der Waals surface area (Å²) in [5, 5.41) is 2.96. The lowest BCUT2D eigenvalue weighted by atomic mass is 10.2. The minimum Gasteiger partial charge on any atom is -0.409 e. The average Bonchev–Trinajstić information content (AvgIpc) is 2.97. The van der Waals surface area contributed by atoms with E-state index in [1.807, 2.05) is 0 Å². The first kappa shape index (κ1) is 14.0. The number of carbonyl (C=O) groups is 1. The topological polar surface area (TPSA) is 55.6 Å². The van der Waals surface area contributed by atoms with E-state index < -0.39 is 11.6 Å². The number of ether oxygens (including phenoxy) is 1. The Kier molecular flexibility index (Phi) is 3.69. The second-order valence-electron chi connectivity index (χ2n) is 4.51. The molecule has 0 atom stereocenters. The second-order valence-corrected chi connectivity index (χ2v) is 4.51.